The lowest BCUT2D eigenvalue weighted by Gasteiger charge is -2.21. The Bertz CT molecular complexity index is 423. The lowest BCUT2D eigenvalue weighted by molar-refractivity contribution is 0.604. The predicted octanol–water partition coefficient (Wildman–Crippen LogP) is 3.56. The van der Waals surface area contributed by atoms with E-state index in [0.29, 0.717) is 11.6 Å². The fraction of sp³-hybridized carbons (Fsp3) is 0.500. The molecule has 0 saturated heterocycles. The molecule has 16 heavy (non-hydrogen) atoms. The molecule has 1 unspecified atom stereocenters. The highest BCUT2D eigenvalue weighted by Crippen LogP contribution is 2.26. The summed E-state index contributed by atoms with van der Waals surface area (Å²) < 4.78 is 26.3. The third-order valence-electron chi connectivity index (χ3n) is 2.68. The highest BCUT2D eigenvalue weighted by Gasteiger charge is 2.01. The van der Waals surface area contributed by atoms with Crippen molar-refractivity contribution in [1.82, 2.24) is 0 Å². The fourth-order valence-corrected chi connectivity index (χ4v) is 1.90. The second kappa shape index (κ2) is 5.34. The average Bonchev–Trinajstić information content (AvgIpc) is 2.28. The fourth-order valence-electron chi connectivity index (χ4n) is 1.32. The number of nitrogens with zero attached hydrogens (tertiary/aromatic N) is 1. The molecule has 0 heterocycles. The minimum Gasteiger partial charge on any atom is -0.577 e. The maximum absolute atomic E-state index is 11.3. The van der Waals surface area contributed by atoms with Gasteiger partial charge in [0.15, 0.2) is 0 Å². The van der Waals surface area contributed by atoms with Crippen LogP contribution in [0.2, 0.25) is 0 Å². The Kier molecular flexibility index (Phi) is 4.35. The van der Waals surface area contributed by atoms with Crippen LogP contribution in [0.4, 0.5) is 5.69 Å². The third-order valence-corrected chi connectivity index (χ3v) is 3.90. The Balaban J connectivity index is 2.80. The van der Waals surface area contributed by atoms with Gasteiger partial charge in [0.1, 0.15) is 0 Å². The van der Waals surface area contributed by atoms with Gasteiger partial charge in [-0.25, -0.2) is 8.42 Å². The molecule has 0 saturated carbocycles. The highest BCUT2D eigenvalue weighted by atomic mass is 32.2. The van der Waals surface area contributed by atoms with Crippen molar-refractivity contribution in [1.29, 1.82) is 0 Å². The zero-order valence-corrected chi connectivity index (χ0v) is 10.8. The van der Waals surface area contributed by atoms with Crippen molar-refractivity contribution in [3.63, 3.8) is 0 Å². The average molecular weight is 240 g/mol. The highest BCUT2D eigenvalue weighted by molar-refractivity contribution is 7.94. The van der Waals surface area contributed by atoms with Gasteiger partial charge in [-0.3, -0.25) is 0 Å². The topological polar surface area (TPSA) is 48.2 Å². The van der Waals surface area contributed by atoms with E-state index in [2.05, 4.69) is 18.6 Å². The molecule has 1 atom stereocenters. The molecule has 0 aliphatic carbocycles. The van der Waals surface area contributed by atoms with Gasteiger partial charge in [-0.15, -0.1) is 5.69 Å². The summed E-state index contributed by atoms with van der Waals surface area (Å²) >= 11 is 0. The molecule has 0 fully saturated rings. The van der Waals surface area contributed by atoms with Gasteiger partial charge in [-0.2, -0.15) is 0 Å². The lowest BCUT2D eigenvalue weighted by atomic mass is 9.99. The lowest BCUT2D eigenvalue weighted by Crippen LogP contribution is -1.98. The van der Waals surface area contributed by atoms with Crippen LogP contribution in [0.3, 0.4) is 0 Å². The zero-order valence-electron chi connectivity index (χ0n) is 9.97. The van der Waals surface area contributed by atoms with Crippen molar-refractivity contribution in [3.05, 3.63) is 34.6 Å². The van der Waals surface area contributed by atoms with Crippen molar-refractivity contribution >= 4 is 15.7 Å². The van der Waals surface area contributed by atoms with Gasteiger partial charge in [-0.05, 0) is 17.9 Å². The molecule has 1 aromatic carbocycles. The molecular weight excluding hydrogens is 222 g/mol. The van der Waals surface area contributed by atoms with Gasteiger partial charge < -0.3 is 4.72 Å². The van der Waals surface area contributed by atoms with Crippen LogP contribution in [0.1, 0.15) is 38.7 Å². The van der Waals surface area contributed by atoms with Gasteiger partial charge in [0.25, 0.3) is 0 Å². The summed E-state index contributed by atoms with van der Waals surface area (Å²) in [6.07, 6.45) is 1.07. The van der Waals surface area contributed by atoms with E-state index in [0.717, 1.165) is 6.42 Å². The maximum Gasteiger partial charge on any atom is 0.0935 e. The standard InChI is InChI=1S/C12H18NO2S/c1-4-10(3)11-6-8-12(9-7-11)13-16(14,15)5-2/h6-10H,4-5H2,1-3H3/q-1. The monoisotopic (exact) mass is 240 g/mol. The Morgan fingerprint density at radius 2 is 1.75 bits per heavy atom. The number of benzene rings is 1. The summed E-state index contributed by atoms with van der Waals surface area (Å²) in [7, 11) is -3.29. The largest absolute Gasteiger partial charge is 0.577 e. The third kappa shape index (κ3) is 3.52. The van der Waals surface area contributed by atoms with Crippen LogP contribution in [0, 0.1) is 0 Å². The van der Waals surface area contributed by atoms with Crippen LogP contribution in [0.5, 0.6) is 0 Å². The van der Waals surface area contributed by atoms with Crippen LogP contribution in [0.25, 0.3) is 4.72 Å². The maximum atomic E-state index is 11.3. The molecule has 1 aromatic rings. The van der Waals surface area contributed by atoms with E-state index < -0.39 is 10.0 Å². The molecule has 0 aromatic heterocycles. The molecular formula is C12H18NO2S-. The van der Waals surface area contributed by atoms with Gasteiger partial charge in [0.2, 0.25) is 0 Å². The molecule has 1 rings (SSSR count). The molecule has 90 valence electrons. The van der Waals surface area contributed by atoms with Crippen molar-refractivity contribution in [3.8, 4) is 0 Å². The Hall–Kier alpha value is -1.03. The van der Waals surface area contributed by atoms with Gasteiger partial charge in [0, 0.05) is 5.75 Å². The molecule has 4 heteroatoms. The number of hydrogen-bond acceptors (Lipinski definition) is 2. The first-order valence-electron chi connectivity index (χ1n) is 5.54. The van der Waals surface area contributed by atoms with Crippen molar-refractivity contribution in [2.24, 2.45) is 0 Å². The van der Waals surface area contributed by atoms with E-state index in [4.69, 9.17) is 0 Å². The van der Waals surface area contributed by atoms with Gasteiger partial charge in [-0.1, -0.05) is 45.0 Å². The van der Waals surface area contributed by atoms with E-state index >= 15 is 0 Å². The minimum atomic E-state index is -3.29. The van der Waals surface area contributed by atoms with Crippen LogP contribution in [-0.2, 0) is 10.0 Å². The van der Waals surface area contributed by atoms with Gasteiger partial charge in [0.05, 0.1) is 10.0 Å². The van der Waals surface area contributed by atoms with Crippen molar-refractivity contribution in [2.45, 2.75) is 33.1 Å². The SMILES string of the molecule is CCC(C)c1ccc([N-]S(=O)(=O)CC)cc1. The Morgan fingerprint density at radius 1 is 1.19 bits per heavy atom. The van der Waals surface area contributed by atoms with E-state index in [1.165, 1.54) is 5.56 Å². The summed E-state index contributed by atoms with van der Waals surface area (Å²) in [5, 5.41) is 0. The molecule has 3 nitrogen and oxygen atoms in total. The summed E-state index contributed by atoms with van der Waals surface area (Å²) in [5.74, 6) is 0.539. The Labute approximate surface area is 97.9 Å². The molecule has 0 spiro atoms. The summed E-state index contributed by atoms with van der Waals surface area (Å²) in [5.41, 5.74) is 1.73. The van der Waals surface area contributed by atoms with E-state index in [1.807, 2.05) is 12.1 Å². The molecule has 0 aliphatic rings. The molecule has 0 amide bonds. The second-order valence-electron chi connectivity index (χ2n) is 3.86. The summed E-state index contributed by atoms with van der Waals surface area (Å²) in [6, 6.07) is 7.40. The summed E-state index contributed by atoms with van der Waals surface area (Å²) in [6.45, 7) is 5.87. The molecule has 0 aliphatic heterocycles. The second-order valence-corrected chi connectivity index (χ2v) is 5.79. The first kappa shape index (κ1) is 13.0. The van der Waals surface area contributed by atoms with Crippen LogP contribution >= 0.6 is 0 Å². The van der Waals surface area contributed by atoms with Crippen molar-refractivity contribution < 1.29 is 8.42 Å². The first-order chi connectivity index (χ1) is 7.48. The summed E-state index contributed by atoms with van der Waals surface area (Å²) in [4.78, 5) is 0. The number of sulfonamides is 1. The van der Waals surface area contributed by atoms with E-state index in [1.54, 1.807) is 19.1 Å². The number of hydrogen-bond donors (Lipinski definition) is 0. The van der Waals surface area contributed by atoms with E-state index in [-0.39, 0.29) is 5.75 Å². The molecule has 0 radical (unpaired) electrons. The first-order valence-corrected chi connectivity index (χ1v) is 7.15. The minimum absolute atomic E-state index is 0.0418. The quantitative estimate of drug-likeness (QED) is 0.790. The molecule has 0 bridgehead atoms. The van der Waals surface area contributed by atoms with Crippen LogP contribution in [-0.4, -0.2) is 14.2 Å². The van der Waals surface area contributed by atoms with Crippen molar-refractivity contribution in [2.75, 3.05) is 5.75 Å². The predicted molar refractivity (Wildman–Crippen MR) is 67.6 cm³/mol. The van der Waals surface area contributed by atoms with Crippen LogP contribution in [0.15, 0.2) is 24.3 Å². The smallest absolute Gasteiger partial charge is 0.0935 e. The van der Waals surface area contributed by atoms with Gasteiger partial charge >= 0.3 is 0 Å². The zero-order chi connectivity index (χ0) is 12.2. The van der Waals surface area contributed by atoms with E-state index in [9.17, 15) is 8.42 Å². The van der Waals surface area contributed by atoms with Crippen LogP contribution < -0.4 is 0 Å². The normalized spacial score (nSPS) is 13.4. The molecule has 0 N–H and O–H groups in total. The number of rotatable bonds is 5. The Morgan fingerprint density at radius 3 is 2.19 bits per heavy atom.